The Hall–Kier alpha value is -1.63. The van der Waals surface area contributed by atoms with Crippen molar-refractivity contribution < 1.29 is 18.5 Å². The van der Waals surface area contributed by atoms with Gasteiger partial charge >= 0.3 is 0 Å². The lowest BCUT2D eigenvalue weighted by atomic mass is 10.2. The van der Waals surface area contributed by atoms with Crippen molar-refractivity contribution >= 4 is 22.5 Å². The topological polar surface area (TPSA) is 73.1 Å². The van der Waals surface area contributed by atoms with Crippen molar-refractivity contribution in [1.82, 2.24) is 4.98 Å². The number of pyridine rings is 1. The fraction of sp³-hybridized carbons (Fsp3) is 0.143. The second-order valence-corrected chi connectivity index (χ2v) is 2.81. The van der Waals surface area contributed by atoms with E-state index in [9.17, 15) is 23.7 Å². The van der Waals surface area contributed by atoms with Crippen LogP contribution >= 0.6 is 11.6 Å². The molecule has 15 heavy (non-hydrogen) atoms. The summed E-state index contributed by atoms with van der Waals surface area (Å²) < 4.78 is 24.4. The molecule has 5 nitrogen and oxygen atoms in total. The summed E-state index contributed by atoms with van der Waals surface area (Å²) in [5.74, 6) is 0. The van der Waals surface area contributed by atoms with Crippen LogP contribution in [0.5, 0.6) is 0 Å². The highest BCUT2D eigenvalue weighted by Crippen LogP contribution is 2.22. The average molecular weight is 237 g/mol. The summed E-state index contributed by atoms with van der Waals surface area (Å²) >= 11 is 4.99. The fourth-order valence-electron chi connectivity index (χ4n) is 0.855. The predicted molar refractivity (Wildman–Crippen MR) is 46.0 cm³/mol. The summed E-state index contributed by atoms with van der Waals surface area (Å²) in [5.41, 5.74) is -2.07. The van der Waals surface area contributed by atoms with E-state index >= 15 is 0 Å². The highest BCUT2D eigenvalue weighted by atomic mass is 35.5. The Morgan fingerprint density at radius 3 is 2.53 bits per heavy atom. The van der Waals surface area contributed by atoms with Gasteiger partial charge in [-0.15, -0.1) is 0 Å². The number of nitrogens with zero attached hydrogens (tertiary/aromatic N) is 2. The van der Waals surface area contributed by atoms with Gasteiger partial charge < -0.3 is 0 Å². The molecule has 8 heteroatoms. The summed E-state index contributed by atoms with van der Waals surface area (Å²) in [4.78, 5) is 23.2. The zero-order valence-corrected chi connectivity index (χ0v) is 7.74. The van der Waals surface area contributed by atoms with E-state index in [1.54, 1.807) is 0 Å². The summed E-state index contributed by atoms with van der Waals surface area (Å²) in [7, 11) is 0. The molecular formula is C7H3ClF2N2O3. The van der Waals surface area contributed by atoms with Crippen LogP contribution in [-0.4, -0.2) is 15.1 Å². The molecule has 0 amide bonds. The van der Waals surface area contributed by atoms with Crippen LogP contribution in [0.4, 0.5) is 14.5 Å². The fourth-order valence-corrected chi connectivity index (χ4v) is 0.952. The van der Waals surface area contributed by atoms with Gasteiger partial charge in [-0.2, -0.15) is 0 Å². The molecule has 1 aromatic rings. The van der Waals surface area contributed by atoms with Gasteiger partial charge in [0.2, 0.25) is 0 Å². The second-order valence-electron chi connectivity index (χ2n) is 2.47. The largest absolute Gasteiger partial charge is 0.280 e. The molecule has 1 aromatic heterocycles. The van der Waals surface area contributed by atoms with Crippen LogP contribution in [0.25, 0.3) is 0 Å². The molecule has 0 aliphatic carbocycles. The minimum Gasteiger partial charge on any atom is -0.274 e. The van der Waals surface area contributed by atoms with Crippen molar-refractivity contribution in [3.8, 4) is 0 Å². The number of alkyl halides is 2. The van der Waals surface area contributed by atoms with Gasteiger partial charge in [0, 0.05) is 12.1 Å². The zero-order valence-electron chi connectivity index (χ0n) is 6.99. The summed E-state index contributed by atoms with van der Waals surface area (Å²) in [5, 5.41) is 9.20. The number of hydrogen-bond acceptors (Lipinski definition) is 4. The lowest BCUT2D eigenvalue weighted by Gasteiger charge is -2.00. The average Bonchev–Trinajstić information content (AvgIpc) is 2.16. The third-order valence-electron chi connectivity index (χ3n) is 1.47. The van der Waals surface area contributed by atoms with Gasteiger partial charge in [-0.1, -0.05) is 0 Å². The van der Waals surface area contributed by atoms with Crippen LogP contribution < -0.4 is 0 Å². The first-order chi connectivity index (χ1) is 6.91. The van der Waals surface area contributed by atoms with Crippen LogP contribution in [0.3, 0.4) is 0 Å². The Bertz CT molecular complexity index is 392. The van der Waals surface area contributed by atoms with Crippen molar-refractivity contribution in [3.05, 3.63) is 33.6 Å². The third kappa shape index (κ3) is 2.66. The maximum Gasteiger partial charge on any atom is 0.280 e. The molecule has 0 bridgehead atoms. The minimum absolute atomic E-state index is 0.568. The normalized spacial score (nSPS) is 10.4. The number of carbonyl (C=O) groups excluding carboxylic acids is 1. The molecule has 80 valence electrons. The summed E-state index contributed by atoms with van der Waals surface area (Å²) in [6.45, 7) is 0. The van der Waals surface area contributed by atoms with E-state index in [-0.39, 0.29) is 0 Å². The third-order valence-corrected chi connectivity index (χ3v) is 1.66. The lowest BCUT2D eigenvalue weighted by molar-refractivity contribution is -0.385. The highest BCUT2D eigenvalue weighted by molar-refractivity contribution is 6.67. The summed E-state index contributed by atoms with van der Waals surface area (Å²) in [6, 6.07) is 1.33. The Balaban J connectivity index is 3.32. The Kier molecular flexibility index (Phi) is 3.25. The number of hydrogen-bond donors (Lipinski definition) is 0. The number of rotatable bonds is 3. The molecule has 0 saturated heterocycles. The molecule has 0 N–H and O–H groups in total. The van der Waals surface area contributed by atoms with Gasteiger partial charge in [0.05, 0.1) is 4.92 Å². The van der Waals surface area contributed by atoms with E-state index in [1.807, 2.05) is 0 Å². The Morgan fingerprint density at radius 2 is 2.13 bits per heavy atom. The van der Waals surface area contributed by atoms with Gasteiger partial charge in [-0.25, -0.2) is 13.8 Å². The van der Waals surface area contributed by atoms with E-state index in [0.29, 0.717) is 6.07 Å². The van der Waals surface area contributed by atoms with E-state index in [0.717, 1.165) is 6.07 Å². The number of aromatic nitrogens is 1. The van der Waals surface area contributed by atoms with E-state index in [1.165, 1.54) is 0 Å². The van der Waals surface area contributed by atoms with E-state index in [2.05, 4.69) is 4.98 Å². The van der Waals surface area contributed by atoms with Gasteiger partial charge in [0.15, 0.2) is 0 Å². The molecular weight excluding hydrogens is 234 g/mol. The Morgan fingerprint density at radius 1 is 1.53 bits per heavy atom. The molecule has 0 spiro atoms. The van der Waals surface area contributed by atoms with Crippen LogP contribution in [0.15, 0.2) is 12.1 Å². The molecule has 1 rings (SSSR count). The van der Waals surface area contributed by atoms with Crippen molar-refractivity contribution in [2.75, 3.05) is 0 Å². The number of halogens is 3. The van der Waals surface area contributed by atoms with Crippen LogP contribution in [0.1, 0.15) is 22.6 Å². The van der Waals surface area contributed by atoms with Gasteiger partial charge in [-0.05, 0) is 11.6 Å². The van der Waals surface area contributed by atoms with Crippen molar-refractivity contribution in [1.29, 1.82) is 0 Å². The minimum atomic E-state index is -3.00. The first kappa shape index (κ1) is 11.4. The number of nitro groups is 1. The zero-order chi connectivity index (χ0) is 11.6. The number of carbonyl (C=O) groups is 1. The van der Waals surface area contributed by atoms with Crippen molar-refractivity contribution in [2.24, 2.45) is 0 Å². The molecule has 0 unspecified atom stereocenters. The van der Waals surface area contributed by atoms with E-state index in [4.69, 9.17) is 11.6 Å². The molecule has 0 saturated carbocycles. The molecule has 1 heterocycles. The van der Waals surface area contributed by atoms with Gasteiger partial charge in [0.1, 0.15) is 11.4 Å². The predicted octanol–water partition coefficient (Wildman–Crippen LogP) is 2.31. The van der Waals surface area contributed by atoms with Crippen LogP contribution in [0.2, 0.25) is 0 Å². The second kappa shape index (κ2) is 4.26. The first-order valence-corrected chi connectivity index (χ1v) is 3.94. The maximum absolute atomic E-state index is 12.2. The monoisotopic (exact) mass is 236 g/mol. The SMILES string of the molecule is O=C(Cl)c1cc([N+](=O)[O-])cc(C(F)F)n1. The van der Waals surface area contributed by atoms with E-state index < -0.39 is 33.7 Å². The molecule has 0 fully saturated rings. The van der Waals surface area contributed by atoms with Crippen molar-refractivity contribution in [2.45, 2.75) is 6.43 Å². The van der Waals surface area contributed by atoms with Crippen LogP contribution in [0, 0.1) is 10.1 Å². The Labute approximate surface area is 86.8 Å². The van der Waals surface area contributed by atoms with Gasteiger partial charge in [0.25, 0.3) is 17.4 Å². The molecule has 0 aliphatic heterocycles. The smallest absolute Gasteiger partial charge is 0.274 e. The standard InChI is InChI=1S/C7H3ClF2N2O3/c8-6(13)4-1-3(12(14)15)2-5(11-4)7(9)10/h1-2,7H. The molecule has 0 atom stereocenters. The lowest BCUT2D eigenvalue weighted by Crippen LogP contribution is -2.02. The quantitative estimate of drug-likeness (QED) is 0.459. The first-order valence-electron chi connectivity index (χ1n) is 3.56. The maximum atomic E-state index is 12.2. The van der Waals surface area contributed by atoms with Crippen molar-refractivity contribution in [3.63, 3.8) is 0 Å². The molecule has 0 aromatic carbocycles. The summed E-state index contributed by atoms with van der Waals surface area (Å²) in [6.07, 6.45) is -3.00. The molecule has 0 radical (unpaired) electrons. The highest BCUT2D eigenvalue weighted by Gasteiger charge is 2.19. The van der Waals surface area contributed by atoms with Gasteiger partial charge in [-0.3, -0.25) is 14.9 Å². The molecule has 0 aliphatic rings. The van der Waals surface area contributed by atoms with Crippen LogP contribution in [-0.2, 0) is 0 Å².